The van der Waals surface area contributed by atoms with Gasteiger partial charge in [-0.3, -0.25) is 0 Å². The summed E-state index contributed by atoms with van der Waals surface area (Å²) in [7, 11) is 0. The van der Waals surface area contributed by atoms with E-state index in [0.717, 1.165) is 12.8 Å². The fraction of sp³-hybridized carbons (Fsp3) is 0.0400. The molecular weight excluding hydrogens is 601 g/mol. The van der Waals surface area contributed by atoms with E-state index in [2.05, 4.69) is 170 Å². The zero-order chi connectivity index (χ0) is 32.8. The zero-order valence-corrected chi connectivity index (χ0v) is 27.6. The Bertz CT molecular complexity index is 2680. The van der Waals surface area contributed by atoms with E-state index in [1.54, 1.807) is 0 Å². The van der Waals surface area contributed by atoms with Crippen LogP contribution in [0.4, 0.5) is 0 Å². The van der Waals surface area contributed by atoms with E-state index in [4.69, 9.17) is 0 Å². The highest BCUT2D eigenvalue weighted by Crippen LogP contribution is 2.57. The summed E-state index contributed by atoms with van der Waals surface area (Å²) in [5.74, 6) is 0. The van der Waals surface area contributed by atoms with Gasteiger partial charge in [-0.15, -0.1) is 0 Å². The molecule has 0 nitrogen and oxygen atoms in total. The molecule has 0 N–H and O–H groups in total. The van der Waals surface area contributed by atoms with Crippen molar-refractivity contribution in [3.8, 4) is 77.9 Å². The summed E-state index contributed by atoms with van der Waals surface area (Å²) in [5, 5.41) is 2.68. The van der Waals surface area contributed by atoms with Crippen molar-refractivity contribution in [3.63, 3.8) is 0 Å². The first-order valence-corrected chi connectivity index (χ1v) is 17.7. The van der Waals surface area contributed by atoms with E-state index >= 15 is 0 Å². The molecule has 50 heavy (non-hydrogen) atoms. The van der Waals surface area contributed by atoms with Crippen LogP contribution >= 0.6 is 0 Å². The maximum absolute atomic E-state index is 2.49. The first-order chi connectivity index (χ1) is 24.8. The Hall–Kier alpha value is -6.24. The molecule has 0 saturated carbocycles. The lowest BCUT2D eigenvalue weighted by Crippen LogP contribution is -1.98. The average Bonchev–Trinajstić information content (AvgIpc) is 3.70. The highest BCUT2D eigenvalue weighted by molar-refractivity contribution is 6.19. The maximum Gasteiger partial charge on any atom is -0.000787 e. The molecule has 0 fully saturated rings. The summed E-state index contributed by atoms with van der Waals surface area (Å²) in [4.78, 5) is 0. The summed E-state index contributed by atoms with van der Waals surface area (Å²) in [6, 6.07) is 61.0. The van der Waals surface area contributed by atoms with Crippen LogP contribution in [0.25, 0.3) is 94.2 Å². The number of aryl methyl sites for hydroxylation is 1. The summed E-state index contributed by atoms with van der Waals surface area (Å²) >= 11 is 0. The third-order valence-corrected chi connectivity index (χ3v) is 11.3. The zero-order valence-electron chi connectivity index (χ0n) is 27.6. The van der Waals surface area contributed by atoms with Crippen molar-refractivity contribution in [2.45, 2.75) is 12.8 Å². The molecule has 3 aliphatic rings. The van der Waals surface area contributed by atoms with Crippen LogP contribution in [-0.4, -0.2) is 0 Å². The molecule has 0 unspecified atom stereocenters. The van der Waals surface area contributed by atoms with E-state index < -0.39 is 0 Å². The summed E-state index contributed by atoms with van der Waals surface area (Å²) in [5.41, 5.74) is 23.9. The van der Waals surface area contributed by atoms with Gasteiger partial charge in [-0.1, -0.05) is 164 Å². The van der Waals surface area contributed by atoms with Gasteiger partial charge in [-0.2, -0.15) is 0 Å². The number of rotatable bonds is 4. The Morgan fingerprint density at radius 1 is 0.320 bits per heavy atom. The maximum atomic E-state index is 2.49. The third kappa shape index (κ3) is 3.88. The number of fused-ring (bicyclic) bond motifs is 6. The van der Waals surface area contributed by atoms with Gasteiger partial charge in [0.05, 0.1) is 0 Å². The van der Waals surface area contributed by atoms with Crippen LogP contribution in [0, 0.1) is 0 Å². The Kier molecular flexibility index (Phi) is 5.89. The number of hydrogen-bond donors (Lipinski definition) is 0. The van der Waals surface area contributed by atoms with Crippen molar-refractivity contribution in [2.24, 2.45) is 0 Å². The van der Waals surface area contributed by atoms with Gasteiger partial charge in [0.1, 0.15) is 0 Å². The lowest BCUT2D eigenvalue weighted by atomic mass is 9.82. The molecular formula is C50H32. The highest BCUT2D eigenvalue weighted by Gasteiger charge is 2.34. The lowest BCUT2D eigenvalue weighted by molar-refractivity contribution is 0.982. The van der Waals surface area contributed by atoms with E-state index in [9.17, 15) is 0 Å². The summed E-state index contributed by atoms with van der Waals surface area (Å²) < 4.78 is 0. The second kappa shape index (κ2) is 10.6. The predicted octanol–water partition coefficient (Wildman–Crippen LogP) is 13.5. The second-order valence-corrected chi connectivity index (χ2v) is 13.8. The second-order valence-electron chi connectivity index (χ2n) is 13.8. The third-order valence-electron chi connectivity index (χ3n) is 11.3. The van der Waals surface area contributed by atoms with Gasteiger partial charge in [0, 0.05) is 0 Å². The molecule has 0 heteroatoms. The molecule has 0 heterocycles. The largest absolute Gasteiger partial charge is 0.0757 e. The molecule has 0 radical (unpaired) electrons. The van der Waals surface area contributed by atoms with Crippen LogP contribution in [0.3, 0.4) is 0 Å². The number of hydrogen-bond acceptors (Lipinski definition) is 0. The minimum atomic E-state index is 1.08. The molecule has 232 valence electrons. The van der Waals surface area contributed by atoms with E-state index in [-0.39, 0.29) is 0 Å². The molecule has 0 aliphatic heterocycles. The molecule has 8 aromatic carbocycles. The van der Waals surface area contributed by atoms with Gasteiger partial charge in [0.25, 0.3) is 0 Å². The Labute approximate surface area is 292 Å². The molecule has 0 amide bonds. The van der Waals surface area contributed by atoms with Crippen LogP contribution in [-0.2, 0) is 6.42 Å². The number of benzene rings is 8. The van der Waals surface area contributed by atoms with Crippen LogP contribution in [0.2, 0.25) is 0 Å². The fourth-order valence-electron chi connectivity index (χ4n) is 9.14. The molecule has 0 saturated heterocycles. The van der Waals surface area contributed by atoms with Crippen molar-refractivity contribution in [3.05, 3.63) is 187 Å². The van der Waals surface area contributed by atoms with Gasteiger partial charge in [-0.25, -0.2) is 0 Å². The van der Waals surface area contributed by atoms with E-state index in [1.165, 1.54) is 111 Å². The van der Waals surface area contributed by atoms with Crippen LogP contribution in [0.15, 0.2) is 170 Å². The molecule has 8 aromatic rings. The predicted molar refractivity (Wildman–Crippen MR) is 211 cm³/mol. The highest BCUT2D eigenvalue weighted by atomic mass is 14.4. The normalized spacial score (nSPS) is 13.2. The molecule has 11 rings (SSSR count). The fourth-order valence-corrected chi connectivity index (χ4v) is 9.14. The van der Waals surface area contributed by atoms with Crippen LogP contribution < -0.4 is 0 Å². The van der Waals surface area contributed by atoms with Crippen LogP contribution in [0.1, 0.15) is 23.1 Å². The van der Waals surface area contributed by atoms with Crippen molar-refractivity contribution in [1.29, 1.82) is 0 Å². The molecule has 3 aliphatic carbocycles. The summed E-state index contributed by atoms with van der Waals surface area (Å²) in [6.45, 7) is 0. The van der Waals surface area contributed by atoms with Gasteiger partial charge < -0.3 is 0 Å². The van der Waals surface area contributed by atoms with Crippen molar-refractivity contribution in [1.82, 2.24) is 0 Å². The van der Waals surface area contributed by atoms with Gasteiger partial charge in [0.2, 0.25) is 0 Å². The first kappa shape index (κ1) is 27.7. The van der Waals surface area contributed by atoms with Crippen molar-refractivity contribution in [2.75, 3.05) is 0 Å². The Morgan fingerprint density at radius 2 is 0.880 bits per heavy atom. The van der Waals surface area contributed by atoms with Gasteiger partial charge in [-0.05, 0) is 130 Å². The van der Waals surface area contributed by atoms with E-state index in [0.29, 0.717) is 0 Å². The van der Waals surface area contributed by atoms with Crippen molar-refractivity contribution >= 4 is 16.3 Å². The SMILES string of the molecule is C1=C2c3c(cccc3-c3c2c(-c2ccccc2)cc(-c2ccc(-c4ccc5c6c(cccc46)-c4ccccc4-5)cc2)c3-c2ccccc2)CC1. The van der Waals surface area contributed by atoms with Crippen molar-refractivity contribution < 1.29 is 0 Å². The minimum Gasteiger partial charge on any atom is -0.0757 e. The van der Waals surface area contributed by atoms with Crippen LogP contribution in [0.5, 0.6) is 0 Å². The topological polar surface area (TPSA) is 0 Å². The summed E-state index contributed by atoms with van der Waals surface area (Å²) in [6.07, 6.45) is 4.66. The van der Waals surface area contributed by atoms with E-state index in [1.807, 2.05) is 0 Å². The standard InChI is InChI=1S/C50H32/c1-3-12-31(13-4-1)45-30-44(47(35-14-5-2-6-15-35)50-43-23-10-17-34-16-9-22-42(46(34)43)49(45)50)33-26-24-32(25-27-33)36-28-29-41-38-19-8-7-18-37(38)40-21-11-20-39(36)48(40)41/h1-8,10-15,17-30H,9,16H2. The molecule has 0 bridgehead atoms. The lowest BCUT2D eigenvalue weighted by Gasteiger charge is -2.21. The molecule has 0 spiro atoms. The first-order valence-electron chi connectivity index (χ1n) is 17.7. The minimum absolute atomic E-state index is 1.08. The average molecular weight is 633 g/mol. The Balaban J connectivity index is 1.15. The monoisotopic (exact) mass is 632 g/mol. The number of allylic oxidation sites excluding steroid dienone is 1. The Morgan fingerprint density at radius 3 is 1.64 bits per heavy atom. The molecule has 0 atom stereocenters. The quantitative estimate of drug-likeness (QED) is 0.181. The van der Waals surface area contributed by atoms with Gasteiger partial charge >= 0.3 is 0 Å². The molecule has 0 aromatic heterocycles. The van der Waals surface area contributed by atoms with Gasteiger partial charge in [0.15, 0.2) is 0 Å². The smallest absolute Gasteiger partial charge is 0.000787 e.